The summed E-state index contributed by atoms with van der Waals surface area (Å²) in [7, 11) is 0. The molecular formula is C23H24O10. The third-order valence-electron chi connectivity index (χ3n) is 5.41. The van der Waals surface area contributed by atoms with E-state index in [9.17, 15) is 30.3 Å². The molecule has 2 heterocycles. The van der Waals surface area contributed by atoms with Crippen LogP contribution < -0.4 is 14.9 Å². The van der Waals surface area contributed by atoms with E-state index in [1.54, 1.807) is 19.1 Å². The van der Waals surface area contributed by atoms with Gasteiger partial charge in [-0.2, -0.15) is 0 Å². The standard InChI is InChI=1S/C23H24O10/c1-2-30-13-7-15(25)18-16(8-13)31-10-14(19(18)26)11-3-5-12(6-4-11)32-23-22(29)21(28)20(27)17(9-24)33-23/h3-8,10,17,20-25,27-29H,2,9H2,1H3/t17-,20+,21+,22+,23+/m0/s1. The van der Waals surface area contributed by atoms with Gasteiger partial charge in [-0.15, -0.1) is 0 Å². The molecule has 33 heavy (non-hydrogen) atoms. The zero-order valence-corrected chi connectivity index (χ0v) is 17.6. The summed E-state index contributed by atoms with van der Waals surface area (Å²) in [6, 6.07) is 9.05. The molecule has 2 aromatic carbocycles. The van der Waals surface area contributed by atoms with Crippen molar-refractivity contribution < 1.29 is 44.2 Å². The van der Waals surface area contributed by atoms with Crippen molar-refractivity contribution in [2.24, 2.45) is 0 Å². The first-order valence-electron chi connectivity index (χ1n) is 10.3. The summed E-state index contributed by atoms with van der Waals surface area (Å²) in [4.78, 5) is 13.0. The summed E-state index contributed by atoms with van der Waals surface area (Å²) in [5.74, 6) is 0.375. The summed E-state index contributed by atoms with van der Waals surface area (Å²) in [6.45, 7) is 1.62. The molecule has 4 rings (SSSR count). The van der Waals surface area contributed by atoms with Gasteiger partial charge < -0.3 is 44.2 Å². The smallest absolute Gasteiger partial charge is 0.229 e. The van der Waals surface area contributed by atoms with E-state index in [-0.39, 0.29) is 28.0 Å². The summed E-state index contributed by atoms with van der Waals surface area (Å²) in [5, 5.41) is 49.5. The lowest BCUT2D eigenvalue weighted by Crippen LogP contribution is -2.60. The van der Waals surface area contributed by atoms with Gasteiger partial charge in [-0.25, -0.2) is 0 Å². The van der Waals surface area contributed by atoms with Crippen LogP contribution in [0.5, 0.6) is 17.2 Å². The van der Waals surface area contributed by atoms with Crippen molar-refractivity contribution in [3.05, 3.63) is 52.9 Å². The Hall–Kier alpha value is -3.15. The van der Waals surface area contributed by atoms with Crippen molar-refractivity contribution in [1.29, 1.82) is 0 Å². The van der Waals surface area contributed by atoms with Gasteiger partial charge in [0.25, 0.3) is 0 Å². The van der Waals surface area contributed by atoms with Crippen LogP contribution in [0.25, 0.3) is 22.1 Å². The highest BCUT2D eigenvalue weighted by Crippen LogP contribution is 2.31. The number of aliphatic hydroxyl groups is 4. The molecule has 1 aliphatic rings. The number of rotatable bonds is 6. The number of aliphatic hydroxyl groups excluding tert-OH is 4. The molecule has 1 fully saturated rings. The minimum absolute atomic E-state index is 0.0256. The lowest BCUT2D eigenvalue weighted by molar-refractivity contribution is -0.277. The molecule has 0 amide bonds. The predicted octanol–water partition coefficient (Wildman–Crippen LogP) is 0.743. The molecule has 0 saturated carbocycles. The quantitative estimate of drug-likeness (QED) is 0.355. The average molecular weight is 460 g/mol. The van der Waals surface area contributed by atoms with E-state index >= 15 is 0 Å². The molecule has 0 bridgehead atoms. The summed E-state index contributed by atoms with van der Waals surface area (Å²) in [6.07, 6.45) is -5.72. The van der Waals surface area contributed by atoms with E-state index < -0.39 is 42.7 Å². The van der Waals surface area contributed by atoms with Crippen molar-refractivity contribution in [2.45, 2.75) is 37.6 Å². The number of fused-ring (bicyclic) bond motifs is 1. The highest BCUT2D eigenvalue weighted by atomic mass is 16.7. The van der Waals surface area contributed by atoms with E-state index in [0.717, 1.165) is 0 Å². The largest absolute Gasteiger partial charge is 0.507 e. The normalized spacial score (nSPS) is 25.2. The number of phenols is 1. The molecule has 176 valence electrons. The first-order chi connectivity index (χ1) is 15.8. The summed E-state index contributed by atoms with van der Waals surface area (Å²) < 4.78 is 21.8. The Kier molecular flexibility index (Phi) is 6.54. The molecule has 5 N–H and O–H groups in total. The Morgan fingerprint density at radius 3 is 2.39 bits per heavy atom. The Morgan fingerprint density at radius 1 is 1.00 bits per heavy atom. The van der Waals surface area contributed by atoms with Crippen LogP contribution in [0.3, 0.4) is 0 Å². The van der Waals surface area contributed by atoms with E-state index in [0.29, 0.717) is 17.9 Å². The zero-order chi connectivity index (χ0) is 23.7. The topological polar surface area (TPSA) is 159 Å². The van der Waals surface area contributed by atoms with Gasteiger partial charge in [0.15, 0.2) is 0 Å². The average Bonchev–Trinajstić information content (AvgIpc) is 2.80. The van der Waals surface area contributed by atoms with Crippen molar-refractivity contribution in [3.63, 3.8) is 0 Å². The number of hydrogen-bond acceptors (Lipinski definition) is 10. The van der Waals surface area contributed by atoms with Crippen LogP contribution in [0.4, 0.5) is 0 Å². The van der Waals surface area contributed by atoms with Crippen LogP contribution in [-0.4, -0.2) is 69.5 Å². The molecule has 0 unspecified atom stereocenters. The minimum atomic E-state index is -1.56. The zero-order valence-electron chi connectivity index (χ0n) is 17.6. The summed E-state index contributed by atoms with van der Waals surface area (Å²) >= 11 is 0. The molecule has 3 aromatic rings. The van der Waals surface area contributed by atoms with Crippen LogP contribution in [0.1, 0.15) is 6.92 Å². The van der Waals surface area contributed by atoms with Crippen molar-refractivity contribution >= 4 is 11.0 Å². The fraction of sp³-hybridized carbons (Fsp3) is 0.348. The molecule has 1 aliphatic heterocycles. The first-order valence-corrected chi connectivity index (χ1v) is 10.3. The van der Waals surface area contributed by atoms with E-state index in [1.807, 2.05) is 0 Å². The second-order valence-electron chi connectivity index (χ2n) is 7.57. The highest BCUT2D eigenvalue weighted by Gasteiger charge is 2.44. The first kappa shape index (κ1) is 23.0. The maximum atomic E-state index is 13.0. The number of ether oxygens (including phenoxy) is 3. The third kappa shape index (κ3) is 4.39. The van der Waals surface area contributed by atoms with Crippen molar-refractivity contribution in [2.75, 3.05) is 13.2 Å². The molecule has 1 aromatic heterocycles. The van der Waals surface area contributed by atoms with Gasteiger partial charge in [-0.1, -0.05) is 12.1 Å². The Labute approximate surface area is 187 Å². The van der Waals surface area contributed by atoms with Crippen LogP contribution >= 0.6 is 0 Å². The molecule has 10 nitrogen and oxygen atoms in total. The van der Waals surface area contributed by atoms with Crippen LogP contribution in [0, 0.1) is 0 Å². The van der Waals surface area contributed by atoms with E-state index in [2.05, 4.69) is 0 Å². The Morgan fingerprint density at radius 2 is 1.73 bits per heavy atom. The van der Waals surface area contributed by atoms with Crippen LogP contribution in [0.15, 0.2) is 51.9 Å². The molecule has 0 aliphatic carbocycles. The monoisotopic (exact) mass is 460 g/mol. The van der Waals surface area contributed by atoms with Gasteiger partial charge in [-0.3, -0.25) is 4.79 Å². The highest BCUT2D eigenvalue weighted by molar-refractivity contribution is 5.88. The fourth-order valence-electron chi connectivity index (χ4n) is 3.67. The minimum Gasteiger partial charge on any atom is -0.507 e. The number of hydrogen-bond donors (Lipinski definition) is 5. The maximum absolute atomic E-state index is 13.0. The molecule has 0 spiro atoms. The molecular weight excluding hydrogens is 436 g/mol. The van der Waals surface area contributed by atoms with Gasteiger partial charge >= 0.3 is 0 Å². The van der Waals surface area contributed by atoms with Gasteiger partial charge in [-0.05, 0) is 24.6 Å². The van der Waals surface area contributed by atoms with Crippen LogP contribution in [-0.2, 0) is 4.74 Å². The lowest BCUT2D eigenvalue weighted by atomic mass is 9.99. The Bertz CT molecular complexity index is 1170. The maximum Gasteiger partial charge on any atom is 0.229 e. The summed E-state index contributed by atoms with van der Waals surface area (Å²) in [5.41, 5.74) is 0.454. The number of aromatic hydroxyl groups is 1. The molecule has 1 saturated heterocycles. The fourth-order valence-corrected chi connectivity index (χ4v) is 3.67. The van der Waals surface area contributed by atoms with Gasteiger partial charge in [0, 0.05) is 12.1 Å². The molecule has 5 atom stereocenters. The van der Waals surface area contributed by atoms with E-state index in [4.69, 9.17) is 18.6 Å². The lowest BCUT2D eigenvalue weighted by Gasteiger charge is -2.39. The van der Waals surface area contributed by atoms with Gasteiger partial charge in [0.1, 0.15) is 58.9 Å². The third-order valence-corrected chi connectivity index (χ3v) is 5.41. The number of phenolic OH excluding ortho intramolecular Hbond substituents is 1. The van der Waals surface area contributed by atoms with Crippen LogP contribution in [0.2, 0.25) is 0 Å². The molecule has 10 heteroatoms. The second-order valence-corrected chi connectivity index (χ2v) is 7.57. The second kappa shape index (κ2) is 9.38. The van der Waals surface area contributed by atoms with E-state index in [1.165, 1.54) is 30.5 Å². The van der Waals surface area contributed by atoms with Crippen molar-refractivity contribution in [1.82, 2.24) is 0 Å². The van der Waals surface area contributed by atoms with Gasteiger partial charge in [0.05, 0.1) is 18.8 Å². The van der Waals surface area contributed by atoms with Crippen molar-refractivity contribution in [3.8, 4) is 28.4 Å². The Balaban J connectivity index is 1.58. The molecule has 0 radical (unpaired) electrons. The predicted molar refractivity (Wildman–Crippen MR) is 115 cm³/mol. The SMILES string of the molecule is CCOc1cc(O)c2c(=O)c(-c3ccc(O[C@@H]4O[C@@H](CO)[C@@H](O)[C@@H](O)[C@H]4O)cc3)coc2c1. The van der Waals surface area contributed by atoms with Gasteiger partial charge in [0.2, 0.25) is 11.7 Å². The number of benzene rings is 2.